The lowest BCUT2D eigenvalue weighted by atomic mass is 10.2. The third-order valence-corrected chi connectivity index (χ3v) is 3.62. The molecule has 1 N–H and O–H groups in total. The predicted molar refractivity (Wildman–Crippen MR) is 60.0 cm³/mol. The van der Waals surface area contributed by atoms with Crippen LogP contribution in [0.5, 0.6) is 0 Å². The Morgan fingerprint density at radius 1 is 1.56 bits per heavy atom. The van der Waals surface area contributed by atoms with Gasteiger partial charge in [-0.15, -0.1) is 11.3 Å². The van der Waals surface area contributed by atoms with Gasteiger partial charge in [0, 0.05) is 11.1 Å². The Labute approximate surface area is 97.5 Å². The van der Waals surface area contributed by atoms with Crippen molar-refractivity contribution in [1.29, 1.82) is 0 Å². The lowest BCUT2D eigenvalue weighted by Gasteiger charge is -2.30. The first-order chi connectivity index (χ1) is 7.58. The molecule has 1 atom stereocenters. The first-order valence-electron chi connectivity index (χ1n) is 5.06. The third kappa shape index (κ3) is 2.06. The molecule has 0 bridgehead atoms. The largest absolute Gasteiger partial charge is 0.345 e. The molecule has 16 heavy (non-hydrogen) atoms. The van der Waals surface area contributed by atoms with Crippen LogP contribution in [0.1, 0.15) is 22.9 Å². The van der Waals surface area contributed by atoms with Gasteiger partial charge >= 0.3 is 0 Å². The molecule has 1 unspecified atom stereocenters. The molecule has 1 aromatic heterocycles. The second-order valence-corrected chi connectivity index (χ2v) is 5.05. The van der Waals surface area contributed by atoms with E-state index < -0.39 is 0 Å². The van der Waals surface area contributed by atoms with E-state index in [0.29, 0.717) is 0 Å². The summed E-state index contributed by atoms with van der Waals surface area (Å²) in [6, 6.07) is -0.128. The molecule has 0 radical (unpaired) electrons. The number of aryl methyl sites for hydroxylation is 1. The van der Waals surface area contributed by atoms with Gasteiger partial charge in [0.15, 0.2) is 0 Å². The summed E-state index contributed by atoms with van der Waals surface area (Å²) in [7, 11) is 0. The number of aromatic nitrogens is 1. The fourth-order valence-electron chi connectivity index (χ4n) is 1.63. The number of carbonyl (C=O) groups is 2. The van der Waals surface area contributed by atoms with Gasteiger partial charge in [0.05, 0.1) is 12.6 Å². The number of amides is 2. The van der Waals surface area contributed by atoms with E-state index in [0.717, 1.165) is 9.88 Å². The van der Waals surface area contributed by atoms with Gasteiger partial charge in [-0.3, -0.25) is 9.59 Å². The molecule has 2 heterocycles. The molecule has 2 rings (SSSR count). The molecule has 1 fully saturated rings. The fourth-order valence-corrected chi connectivity index (χ4v) is 2.46. The number of carbonyl (C=O) groups excluding carboxylic acids is 2. The summed E-state index contributed by atoms with van der Waals surface area (Å²) in [6.07, 6.45) is 1.78. The van der Waals surface area contributed by atoms with Crippen molar-refractivity contribution in [3.05, 3.63) is 16.1 Å². The molecule has 86 valence electrons. The zero-order valence-electron chi connectivity index (χ0n) is 9.19. The second-order valence-electron chi connectivity index (χ2n) is 3.78. The van der Waals surface area contributed by atoms with E-state index in [4.69, 9.17) is 0 Å². The Kier molecular flexibility index (Phi) is 2.91. The standard InChI is InChI=1S/C10H13N3O2S/c1-6-3-12-10(16-6)7(2)13-5-8(14)11-4-9(13)15/h3,7H,4-5H2,1-2H3,(H,11,14). The van der Waals surface area contributed by atoms with Crippen LogP contribution >= 0.6 is 11.3 Å². The molecule has 1 aromatic rings. The van der Waals surface area contributed by atoms with Gasteiger partial charge in [0.2, 0.25) is 11.8 Å². The topological polar surface area (TPSA) is 62.3 Å². The molecule has 0 saturated carbocycles. The molecule has 1 aliphatic rings. The normalized spacial score (nSPS) is 18.5. The highest BCUT2D eigenvalue weighted by Crippen LogP contribution is 2.25. The minimum atomic E-state index is -0.128. The molecular formula is C10H13N3O2S. The molecule has 6 heteroatoms. The number of nitrogens with zero attached hydrogens (tertiary/aromatic N) is 2. The zero-order valence-corrected chi connectivity index (χ0v) is 10.0. The molecular weight excluding hydrogens is 226 g/mol. The summed E-state index contributed by atoms with van der Waals surface area (Å²) in [6.45, 7) is 4.08. The number of thiazole rings is 1. The number of hydrogen-bond donors (Lipinski definition) is 1. The van der Waals surface area contributed by atoms with Crippen LogP contribution in [0.2, 0.25) is 0 Å². The van der Waals surface area contributed by atoms with Gasteiger partial charge in [0.25, 0.3) is 0 Å². The van der Waals surface area contributed by atoms with E-state index in [2.05, 4.69) is 10.3 Å². The first-order valence-corrected chi connectivity index (χ1v) is 5.88. The minimum absolute atomic E-state index is 0.0556. The number of rotatable bonds is 2. The van der Waals surface area contributed by atoms with Crippen molar-refractivity contribution in [2.24, 2.45) is 0 Å². The average molecular weight is 239 g/mol. The summed E-state index contributed by atoms with van der Waals surface area (Å²) >= 11 is 1.56. The van der Waals surface area contributed by atoms with Crippen molar-refractivity contribution >= 4 is 23.2 Å². The van der Waals surface area contributed by atoms with E-state index in [9.17, 15) is 9.59 Å². The number of hydrogen-bond acceptors (Lipinski definition) is 4. The summed E-state index contributed by atoms with van der Waals surface area (Å²) in [5.74, 6) is -0.167. The van der Waals surface area contributed by atoms with Crippen molar-refractivity contribution in [2.45, 2.75) is 19.9 Å². The van der Waals surface area contributed by atoms with Crippen molar-refractivity contribution in [1.82, 2.24) is 15.2 Å². The van der Waals surface area contributed by atoms with E-state index in [1.165, 1.54) is 0 Å². The van der Waals surface area contributed by atoms with Gasteiger partial charge < -0.3 is 10.2 Å². The van der Waals surface area contributed by atoms with Crippen LogP contribution in [0, 0.1) is 6.92 Å². The summed E-state index contributed by atoms with van der Waals surface area (Å²) in [4.78, 5) is 29.8. The summed E-state index contributed by atoms with van der Waals surface area (Å²) in [5.41, 5.74) is 0. The highest BCUT2D eigenvalue weighted by atomic mass is 32.1. The molecule has 0 aromatic carbocycles. The van der Waals surface area contributed by atoms with Crippen LogP contribution in [0.25, 0.3) is 0 Å². The Morgan fingerprint density at radius 2 is 2.31 bits per heavy atom. The van der Waals surface area contributed by atoms with Gasteiger partial charge in [0.1, 0.15) is 11.6 Å². The second kappa shape index (κ2) is 4.21. The van der Waals surface area contributed by atoms with Gasteiger partial charge in [-0.2, -0.15) is 0 Å². The minimum Gasteiger partial charge on any atom is -0.345 e. The van der Waals surface area contributed by atoms with Crippen LogP contribution in [0.3, 0.4) is 0 Å². The SMILES string of the molecule is Cc1cnc(C(C)N2CC(=O)NCC2=O)s1. The van der Waals surface area contributed by atoms with Crippen molar-refractivity contribution < 1.29 is 9.59 Å². The lowest BCUT2D eigenvalue weighted by Crippen LogP contribution is -2.52. The molecule has 5 nitrogen and oxygen atoms in total. The highest BCUT2D eigenvalue weighted by molar-refractivity contribution is 7.11. The van der Waals surface area contributed by atoms with Gasteiger partial charge in [-0.1, -0.05) is 0 Å². The highest BCUT2D eigenvalue weighted by Gasteiger charge is 2.29. The van der Waals surface area contributed by atoms with Crippen molar-refractivity contribution in [3.8, 4) is 0 Å². The van der Waals surface area contributed by atoms with Crippen LogP contribution in [0.15, 0.2) is 6.20 Å². The van der Waals surface area contributed by atoms with Crippen LogP contribution in [0.4, 0.5) is 0 Å². The third-order valence-electron chi connectivity index (χ3n) is 2.54. The van der Waals surface area contributed by atoms with Gasteiger partial charge in [-0.05, 0) is 13.8 Å². The van der Waals surface area contributed by atoms with Gasteiger partial charge in [-0.25, -0.2) is 4.98 Å². The number of nitrogens with one attached hydrogen (secondary N) is 1. The molecule has 1 aliphatic heterocycles. The monoisotopic (exact) mass is 239 g/mol. The predicted octanol–water partition coefficient (Wildman–Crippen LogP) is 0.471. The van der Waals surface area contributed by atoms with E-state index in [1.807, 2.05) is 13.8 Å². The van der Waals surface area contributed by atoms with Crippen molar-refractivity contribution in [3.63, 3.8) is 0 Å². The average Bonchev–Trinajstić information content (AvgIpc) is 2.67. The van der Waals surface area contributed by atoms with Crippen LogP contribution < -0.4 is 5.32 Å². The Hall–Kier alpha value is -1.43. The Morgan fingerprint density at radius 3 is 2.94 bits per heavy atom. The lowest BCUT2D eigenvalue weighted by molar-refractivity contribution is -0.142. The smallest absolute Gasteiger partial charge is 0.243 e. The fraction of sp³-hybridized carbons (Fsp3) is 0.500. The maximum absolute atomic E-state index is 11.6. The molecule has 1 saturated heterocycles. The van der Waals surface area contributed by atoms with Crippen LogP contribution in [-0.4, -0.2) is 34.8 Å². The maximum atomic E-state index is 11.6. The Balaban J connectivity index is 2.17. The maximum Gasteiger partial charge on any atom is 0.243 e. The quantitative estimate of drug-likeness (QED) is 0.816. The van der Waals surface area contributed by atoms with Crippen molar-refractivity contribution in [2.75, 3.05) is 13.1 Å². The molecule has 2 amide bonds. The Bertz CT molecular complexity index is 429. The van der Waals surface area contributed by atoms with E-state index in [1.54, 1.807) is 22.4 Å². The van der Waals surface area contributed by atoms with Crippen LogP contribution in [-0.2, 0) is 9.59 Å². The summed E-state index contributed by atoms with van der Waals surface area (Å²) < 4.78 is 0. The molecule has 0 spiro atoms. The molecule has 0 aliphatic carbocycles. The zero-order chi connectivity index (χ0) is 11.7. The number of piperazine rings is 1. The van der Waals surface area contributed by atoms with E-state index in [-0.39, 0.29) is 30.9 Å². The van der Waals surface area contributed by atoms with E-state index >= 15 is 0 Å². The summed E-state index contributed by atoms with van der Waals surface area (Å²) in [5, 5.41) is 3.40. The first kappa shape index (κ1) is 11.1.